The van der Waals surface area contributed by atoms with E-state index in [0.717, 1.165) is 5.56 Å². The Kier molecular flexibility index (Phi) is 4.74. The lowest BCUT2D eigenvalue weighted by Gasteiger charge is -2.19. The summed E-state index contributed by atoms with van der Waals surface area (Å²) in [5, 5.41) is 7.26. The summed E-state index contributed by atoms with van der Waals surface area (Å²) in [6.07, 6.45) is 4.25. The summed E-state index contributed by atoms with van der Waals surface area (Å²) in [6, 6.07) is 11.5. The molecule has 6 nitrogen and oxygen atoms in total. The zero-order chi connectivity index (χ0) is 16.9. The van der Waals surface area contributed by atoms with Gasteiger partial charge < -0.3 is 9.73 Å². The third kappa shape index (κ3) is 3.53. The molecule has 0 saturated carbocycles. The van der Waals surface area contributed by atoms with Crippen molar-refractivity contribution in [1.29, 1.82) is 0 Å². The molecule has 0 spiro atoms. The fourth-order valence-electron chi connectivity index (χ4n) is 2.55. The third-order valence-electron chi connectivity index (χ3n) is 3.79. The number of aromatic nitrogens is 3. The van der Waals surface area contributed by atoms with Crippen LogP contribution in [0.3, 0.4) is 0 Å². The van der Waals surface area contributed by atoms with Crippen molar-refractivity contribution in [2.45, 2.75) is 32.9 Å². The van der Waals surface area contributed by atoms with Crippen LogP contribution in [0.5, 0.6) is 0 Å². The number of carbonyl (C=O) groups excluding carboxylic acids is 1. The molecule has 6 heteroatoms. The van der Waals surface area contributed by atoms with Gasteiger partial charge in [-0.25, -0.2) is 4.98 Å². The first-order valence-electron chi connectivity index (χ1n) is 7.97. The molecule has 3 aromatic rings. The van der Waals surface area contributed by atoms with Gasteiger partial charge in [0.25, 0.3) is 5.91 Å². The molecule has 0 radical (unpaired) electrons. The van der Waals surface area contributed by atoms with Gasteiger partial charge in [0.1, 0.15) is 0 Å². The Hall–Kier alpha value is -2.89. The van der Waals surface area contributed by atoms with E-state index in [9.17, 15) is 4.79 Å². The number of aryl methyl sites for hydroxylation is 2. The van der Waals surface area contributed by atoms with Gasteiger partial charge in [-0.1, -0.05) is 37.3 Å². The quantitative estimate of drug-likeness (QED) is 0.756. The number of oxazole rings is 1. The predicted octanol–water partition coefficient (Wildman–Crippen LogP) is 2.91. The average Bonchev–Trinajstić information content (AvgIpc) is 3.24. The first kappa shape index (κ1) is 16.0. The highest BCUT2D eigenvalue weighted by molar-refractivity contribution is 5.92. The van der Waals surface area contributed by atoms with Gasteiger partial charge in [0.15, 0.2) is 5.89 Å². The van der Waals surface area contributed by atoms with Gasteiger partial charge >= 0.3 is 0 Å². The molecule has 0 saturated heterocycles. The molecule has 24 heavy (non-hydrogen) atoms. The Labute approximate surface area is 140 Å². The van der Waals surface area contributed by atoms with E-state index in [4.69, 9.17) is 4.42 Å². The monoisotopic (exact) mass is 324 g/mol. The topological polar surface area (TPSA) is 73.0 Å². The molecule has 1 aromatic carbocycles. The average molecular weight is 324 g/mol. The second-order valence-electron chi connectivity index (χ2n) is 5.54. The van der Waals surface area contributed by atoms with Crippen molar-refractivity contribution in [3.63, 3.8) is 0 Å². The van der Waals surface area contributed by atoms with Crippen LogP contribution in [0.2, 0.25) is 0 Å². The number of rotatable bonds is 6. The Morgan fingerprint density at radius 3 is 2.71 bits per heavy atom. The van der Waals surface area contributed by atoms with Crippen LogP contribution in [0.4, 0.5) is 0 Å². The Morgan fingerprint density at radius 1 is 1.29 bits per heavy atom. The van der Waals surface area contributed by atoms with E-state index >= 15 is 0 Å². The van der Waals surface area contributed by atoms with Crippen molar-refractivity contribution in [2.24, 2.45) is 0 Å². The van der Waals surface area contributed by atoms with Crippen LogP contribution in [-0.4, -0.2) is 20.7 Å². The summed E-state index contributed by atoms with van der Waals surface area (Å²) in [4.78, 5) is 16.9. The minimum absolute atomic E-state index is 0.215. The highest BCUT2D eigenvalue weighted by Crippen LogP contribution is 2.17. The summed E-state index contributed by atoms with van der Waals surface area (Å²) in [7, 11) is 0. The number of hydrogen-bond donors (Lipinski definition) is 1. The number of nitrogens with one attached hydrogen (secondary N) is 1. The van der Waals surface area contributed by atoms with Gasteiger partial charge in [0.2, 0.25) is 5.76 Å². The Balaban J connectivity index is 1.83. The van der Waals surface area contributed by atoms with Crippen molar-refractivity contribution in [3.05, 3.63) is 71.7 Å². The molecule has 0 aliphatic rings. The molecule has 0 bridgehead atoms. The maximum atomic E-state index is 12.6. The van der Waals surface area contributed by atoms with Crippen LogP contribution in [0.1, 0.15) is 40.7 Å². The lowest BCUT2D eigenvalue weighted by Crippen LogP contribution is -2.31. The van der Waals surface area contributed by atoms with Crippen LogP contribution in [-0.2, 0) is 13.0 Å². The van der Waals surface area contributed by atoms with Crippen LogP contribution >= 0.6 is 0 Å². The predicted molar refractivity (Wildman–Crippen MR) is 89.5 cm³/mol. The number of carbonyl (C=O) groups is 1. The smallest absolute Gasteiger partial charge is 0.289 e. The fraction of sp³-hybridized carbons (Fsp3) is 0.278. The van der Waals surface area contributed by atoms with Crippen molar-refractivity contribution in [1.82, 2.24) is 20.1 Å². The second-order valence-corrected chi connectivity index (χ2v) is 5.54. The van der Waals surface area contributed by atoms with E-state index in [-0.39, 0.29) is 17.7 Å². The van der Waals surface area contributed by atoms with Gasteiger partial charge in [0.05, 0.1) is 18.3 Å². The molecule has 3 rings (SSSR count). The summed E-state index contributed by atoms with van der Waals surface area (Å²) in [5.74, 6) is 0.579. The number of amides is 1. The van der Waals surface area contributed by atoms with E-state index in [1.165, 1.54) is 0 Å². The molecule has 1 N–H and O–H groups in total. The molecule has 124 valence electrons. The number of benzene rings is 1. The summed E-state index contributed by atoms with van der Waals surface area (Å²) in [6.45, 7) is 4.26. The van der Waals surface area contributed by atoms with Crippen LogP contribution in [0, 0.1) is 6.92 Å². The van der Waals surface area contributed by atoms with Crippen molar-refractivity contribution < 1.29 is 9.21 Å². The van der Waals surface area contributed by atoms with Crippen molar-refractivity contribution in [2.75, 3.05) is 0 Å². The van der Waals surface area contributed by atoms with Gasteiger partial charge in [-0.05, 0) is 18.6 Å². The zero-order valence-electron chi connectivity index (χ0n) is 13.8. The zero-order valence-corrected chi connectivity index (χ0v) is 13.8. The lowest BCUT2D eigenvalue weighted by molar-refractivity contribution is 0.0901. The molecule has 0 unspecified atom stereocenters. The summed E-state index contributed by atoms with van der Waals surface area (Å²) in [5.41, 5.74) is 1.62. The fourth-order valence-corrected chi connectivity index (χ4v) is 2.55. The van der Waals surface area contributed by atoms with Crippen molar-refractivity contribution in [3.8, 4) is 0 Å². The van der Waals surface area contributed by atoms with Crippen LogP contribution < -0.4 is 5.32 Å². The molecule has 0 aliphatic carbocycles. The lowest BCUT2D eigenvalue weighted by atomic mass is 10.1. The van der Waals surface area contributed by atoms with Gasteiger partial charge in [-0.3, -0.25) is 9.48 Å². The van der Waals surface area contributed by atoms with E-state index in [2.05, 4.69) is 15.4 Å². The first-order chi connectivity index (χ1) is 11.7. The maximum absolute atomic E-state index is 12.6. The van der Waals surface area contributed by atoms with Gasteiger partial charge in [-0.2, -0.15) is 5.10 Å². The molecular formula is C18H20N4O2. The molecule has 0 fully saturated rings. The minimum atomic E-state index is -0.263. The van der Waals surface area contributed by atoms with Crippen LogP contribution in [0.25, 0.3) is 0 Å². The molecule has 0 aliphatic heterocycles. The third-order valence-corrected chi connectivity index (χ3v) is 3.79. The van der Waals surface area contributed by atoms with Crippen molar-refractivity contribution >= 4 is 5.91 Å². The van der Waals surface area contributed by atoms with E-state index in [1.807, 2.05) is 49.5 Å². The standard InChI is InChI=1S/C18H20N4O2/c1-3-16-20-13(2)17(24-16)18(23)21-15(12-22-11-7-10-19-22)14-8-5-4-6-9-14/h4-11,15H,3,12H2,1-2H3,(H,21,23)/t15-/m0/s1. The highest BCUT2D eigenvalue weighted by atomic mass is 16.4. The van der Waals surface area contributed by atoms with Gasteiger partial charge in [0, 0.05) is 18.8 Å². The first-order valence-corrected chi connectivity index (χ1v) is 7.97. The van der Waals surface area contributed by atoms with E-state index < -0.39 is 0 Å². The molecule has 2 heterocycles. The van der Waals surface area contributed by atoms with Crippen LogP contribution in [0.15, 0.2) is 53.2 Å². The number of nitrogens with zero attached hydrogens (tertiary/aromatic N) is 3. The van der Waals surface area contributed by atoms with E-state index in [0.29, 0.717) is 24.6 Å². The van der Waals surface area contributed by atoms with E-state index in [1.54, 1.807) is 17.8 Å². The summed E-state index contributed by atoms with van der Waals surface area (Å²) >= 11 is 0. The maximum Gasteiger partial charge on any atom is 0.289 e. The largest absolute Gasteiger partial charge is 0.435 e. The van der Waals surface area contributed by atoms with Gasteiger partial charge in [-0.15, -0.1) is 0 Å². The Bertz CT molecular complexity index is 794. The normalized spacial score (nSPS) is 12.1. The molecule has 1 amide bonds. The molecular weight excluding hydrogens is 304 g/mol. The second kappa shape index (κ2) is 7.12. The molecule has 2 aromatic heterocycles. The molecule has 1 atom stereocenters. The Morgan fingerprint density at radius 2 is 2.08 bits per heavy atom. The number of hydrogen-bond acceptors (Lipinski definition) is 4. The highest BCUT2D eigenvalue weighted by Gasteiger charge is 2.21. The SMILES string of the molecule is CCc1nc(C)c(C(=O)N[C@@H](Cn2cccn2)c2ccccc2)o1. The minimum Gasteiger partial charge on any atom is -0.435 e. The summed E-state index contributed by atoms with van der Waals surface area (Å²) < 4.78 is 7.35.